The highest BCUT2D eigenvalue weighted by atomic mass is 16.5. The number of aliphatic hydroxyl groups is 2. The monoisotopic (exact) mass is 240 g/mol. The smallest absolute Gasteiger partial charge is 0.331 e. The van der Waals surface area contributed by atoms with E-state index in [9.17, 15) is 14.7 Å². The molecule has 0 bridgehead atoms. The number of aromatic amines is 1. The van der Waals surface area contributed by atoms with Crippen LogP contribution in [0.4, 0.5) is 0 Å². The largest absolute Gasteiger partial charge is 0.469 e. The lowest BCUT2D eigenvalue weighted by Gasteiger charge is -2.18. The molecule has 2 heterocycles. The van der Waals surface area contributed by atoms with Crippen molar-refractivity contribution >= 4 is 0 Å². The number of ether oxygens (including phenoxy) is 1. The number of nitrogens with one attached hydrogen (secondary N) is 1. The third kappa shape index (κ3) is 2.02. The lowest BCUT2D eigenvalue weighted by atomic mass is 10.3. The summed E-state index contributed by atoms with van der Waals surface area (Å²) in [5.74, 6) is 0.193. The second kappa shape index (κ2) is 4.19. The first kappa shape index (κ1) is 11.6. The molecule has 92 valence electrons. The highest BCUT2D eigenvalue weighted by Gasteiger charge is 2.29. The van der Waals surface area contributed by atoms with E-state index in [2.05, 4.69) is 4.98 Å². The maximum Gasteiger partial charge on any atom is 0.331 e. The molecule has 0 saturated carbocycles. The van der Waals surface area contributed by atoms with Gasteiger partial charge in [0.25, 0.3) is 5.56 Å². The Morgan fingerprint density at radius 2 is 2.24 bits per heavy atom. The van der Waals surface area contributed by atoms with Crippen molar-refractivity contribution in [2.45, 2.75) is 19.3 Å². The fraction of sp³-hybridized carbons (Fsp3) is 0.400. The van der Waals surface area contributed by atoms with Crippen LogP contribution in [0.2, 0.25) is 0 Å². The van der Waals surface area contributed by atoms with E-state index in [0.717, 1.165) is 4.57 Å². The van der Waals surface area contributed by atoms with E-state index in [1.54, 1.807) is 0 Å². The fourth-order valence-corrected chi connectivity index (χ4v) is 1.62. The number of aryl methyl sites for hydroxylation is 1. The topological polar surface area (TPSA) is 105 Å². The van der Waals surface area contributed by atoms with Crippen LogP contribution < -0.4 is 11.2 Å². The number of rotatable bonds is 2. The lowest BCUT2D eigenvalue weighted by molar-refractivity contribution is -0.0105. The van der Waals surface area contributed by atoms with E-state index in [1.807, 2.05) is 0 Å². The van der Waals surface area contributed by atoms with Crippen molar-refractivity contribution in [3.8, 4) is 0 Å². The van der Waals surface area contributed by atoms with Crippen LogP contribution in [0.5, 0.6) is 0 Å². The summed E-state index contributed by atoms with van der Waals surface area (Å²) in [5, 5.41) is 18.5. The summed E-state index contributed by atoms with van der Waals surface area (Å²) in [6.07, 6.45) is 0.626. The van der Waals surface area contributed by atoms with Crippen molar-refractivity contribution in [3.05, 3.63) is 44.4 Å². The molecule has 0 fully saturated rings. The highest BCUT2D eigenvalue weighted by Crippen LogP contribution is 2.24. The molecule has 0 saturated heterocycles. The molecule has 0 spiro atoms. The average Bonchev–Trinajstić information content (AvgIpc) is 2.65. The van der Waals surface area contributed by atoms with Gasteiger partial charge in [0.2, 0.25) is 6.23 Å². The standard InChI is InChI=1S/C10H12N2O5/c1-5-3-12(10(16)11-8(5)15)9-7(14)2-6(4-13)17-9/h2-3,7,9,13-14H,4H2,1H3,(H,11,15,16)/t7?,9-/m1/s1. The maximum absolute atomic E-state index is 11.6. The SMILES string of the molecule is Cc1cn([C@@H]2OC(CO)=CC2O)c(=O)[nH]c1=O. The van der Waals surface area contributed by atoms with Crippen LogP contribution in [0.15, 0.2) is 27.6 Å². The van der Waals surface area contributed by atoms with E-state index >= 15 is 0 Å². The summed E-state index contributed by atoms with van der Waals surface area (Å²) in [7, 11) is 0. The van der Waals surface area contributed by atoms with E-state index in [4.69, 9.17) is 9.84 Å². The molecule has 0 radical (unpaired) electrons. The number of hydrogen-bond donors (Lipinski definition) is 3. The van der Waals surface area contributed by atoms with Crippen molar-refractivity contribution < 1.29 is 14.9 Å². The molecule has 2 atom stereocenters. The van der Waals surface area contributed by atoms with Gasteiger partial charge >= 0.3 is 5.69 Å². The second-order valence-electron chi connectivity index (χ2n) is 3.77. The van der Waals surface area contributed by atoms with Crippen LogP contribution in [-0.2, 0) is 4.74 Å². The molecule has 1 aromatic rings. The zero-order valence-corrected chi connectivity index (χ0v) is 9.08. The van der Waals surface area contributed by atoms with Gasteiger partial charge in [-0.15, -0.1) is 0 Å². The predicted octanol–water partition coefficient (Wildman–Crippen LogP) is -1.39. The normalized spacial score (nSPS) is 23.4. The Balaban J connectivity index is 2.40. The summed E-state index contributed by atoms with van der Waals surface area (Å²) in [6.45, 7) is 1.18. The molecule has 0 aromatic carbocycles. The third-order valence-electron chi connectivity index (χ3n) is 2.50. The Labute approximate surface area is 95.6 Å². The molecule has 0 aliphatic carbocycles. The molecule has 17 heavy (non-hydrogen) atoms. The molecule has 1 aliphatic heterocycles. The predicted molar refractivity (Wildman–Crippen MR) is 57.4 cm³/mol. The number of aliphatic hydroxyl groups excluding tert-OH is 2. The van der Waals surface area contributed by atoms with Gasteiger partial charge in [-0.05, 0) is 13.0 Å². The zero-order valence-electron chi connectivity index (χ0n) is 9.08. The van der Waals surface area contributed by atoms with Crippen molar-refractivity contribution in [1.29, 1.82) is 0 Å². The van der Waals surface area contributed by atoms with Gasteiger partial charge in [0.1, 0.15) is 18.5 Å². The highest BCUT2D eigenvalue weighted by molar-refractivity contribution is 5.09. The van der Waals surface area contributed by atoms with Crippen LogP contribution in [0.25, 0.3) is 0 Å². The van der Waals surface area contributed by atoms with Gasteiger partial charge in [0, 0.05) is 11.8 Å². The Morgan fingerprint density at radius 3 is 2.82 bits per heavy atom. The number of nitrogens with zero attached hydrogens (tertiary/aromatic N) is 1. The van der Waals surface area contributed by atoms with Crippen LogP contribution in [0.3, 0.4) is 0 Å². The van der Waals surface area contributed by atoms with E-state index < -0.39 is 23.6 Å². The minimum absolute atomic E-state index is 0.193. The maximum atomic E-state index is 11.6. The van der Waals surface area contributed by atoms with Gasteiger partial charge in [-0.3, -0.25) is 14.3 Å². The van der Waals surface area contributed by atoms with Gasteiger partial charge in [0.15, 0.2) is 0 Å². The molecule has 2 rings (SSSR count). The molecule has 3 N–H and O–H groups in total. The molecule has 1 aliphatic rings. The number of hydrogen-bond acceptors (Lipinski definition) is 5. The molecular weight excluding hydrogens is 228 g/mol. The van der Waals surface area contributed by atoms with Crippen LogP contribution in [0.1, 0.15) is 11.8 Å². The second-order valence-corrected chi connectivity index (χ2v) is 3.77. The van der Waals surface area contributed by atoms with Gasteiger partial charge in [-0.25, -0.2) is 4.79 Å². The van der Waals surface area contributed by atoms with Crippen LogP contribution in [-0.4, -0.2) is 32.5 Å². The molecule has 7 heteroatoms. The molecule has 1 aromatic heterocycles. The summed E-state index contributed by atoms with van der Waals surface area (Å²) in [4.78, 5) is 24.8. The third-order valence-corrected chi connectivity index (χ3v) is 2.50. The summed E-state index contributed by atoms with van der Waals surface area (Å²) in [5.41, 5.74) is -0.816. The Kier molecular flexibility index (Phi) is 2.86. The zero-order chi connectivity index (χ0) is 12.6. The summed E-state index contributed by atoms with van der Waals surface area (Å²) in [6, 6.07) is 0. The Hall–Kier alpha value is -1.86. The van der Waals surface area contributed by atoms with Gasteiger partial charge in [-0.1, -0.05) is 0 Å². The van der Waals surface area contributed by atoms with Crippen molar-refractivity contribution in [2.24, 2.45) is 0 Å². The first-order valence-electron chi connectivity index (χ1n) is 5.01. The van der Waals surface area contributed by atoms with Gasteiger partial charge in [-0.2, -0.15) is 0 Å². The summed E-state index contributed by atoms with van der Waals surface area (Å²) < 4.78 is 6.27. The molecule has 0 amide bonds. The van der Waals surface area contributed by atoms with Gasteiger partial charge < -0.3 is 14.9 Å². The molecule has 7 nitrogen and oxygen atoms in total. The van der Waals surface area contributed by atoms with E-state index in [0.29, 0.717) is 5.56 Å². The van der Waals surface area contributed by atoms with Crippen LogP contribution >= 0.6 is 0 Å². The number of aromatic nitrogens is 2. The quantitative estimate of drug-likeness (QED) is 0.590. The number of H-pyrrole nitrogens is 1. The van der Waals surface area contributed by atoms with E-state index in [-0.39, 0.29) is 12.4 Å². The summed E-state index contributed by atoms with van der Waals surface area (Å²) >= 11 is 0. The van der Waals surface area contributed by atoms with Crippen molar-refractivity contribution in [3.63, 3.8) is 0 Å². The minimum atomic E-state index is -1.04. The van der Waals surface area contributed by atoms with E-state index in [1.165, 1.54) is 19.2 Å². The fourth-order valence-electron chi connectivity index (χ4n) is 1.62. The molecular formula is C10H12N2O5. The Morgan fingerprint density at radius 1 is 1.53 bits per heavy atom. The first-order valence-corrected chi connectivity index (χ1v) is 5.01. The van der Waals surface area contributed by atoms with Crippen LogP contribution in [0, 0.1) is 6.92 Å². The van der Waals surface area contributed by atoms with Crippen molar-refractivity contribution in [2.75, 3.05) is 6.61 Å². The minimum Gasteiger partial charge on any atom is -0.469 e. The molecule has 1 unspecified atom stereocenters. The van der Waals surface area contributed by atoms with Crippen molar-refractivity contribution in [1.82, 2.24) is 9.55 Å². The average molecular weight is 240 g/mol. The van der Waals surface area contributed by atoms with Gasteiger partial charge in [0.05, 0.1) is 0 Å². The lowest BCUT2D eigenvalue weighted by Crippen LogP contribution is -2.36. The Bertz CT molecular complexity index is 571. The first-order chi connectivity index (χ1) is 8.02.